The van der Waals surface area contributed by atoms with Gasteiger partial charge in [-0.25, -0.2) is 0 Å². The van der Waals surface area contributed by atoms with Gasteiger partial charge in [-0.2, -0.15) is 0 Å². The van der Waals surface area contributed by atoms with Crippen LogP contribution in [0.15, 0.2) is 0 Å². The number of thiocarbonyl (C=S) groups is 4. The van der Waals surface area contributed by atoms with Crippen molar-refractivity contribution in [1.29, 1.82) is 0 Å². The van der Waals surface area contributed by atoms with E-state index in [2.05, 4.69) is 66.9 Å². The Balaban J connectivity index is 0.000000463. The van der Waals surface area contributed by atoms with Crippen molar-refractivity contribution in [2.24, 2.45) is 0 Å². The molecule has 0 amide bonds. The van der Waals surface area contributed by atoms with Gasteiger partial charge in [0.1, 0.15) is 0 Å². The number of nitrogens with zero attached hydrogens (tertiary/aromatic N) is 8. The third kappa shape index (κ3) is 11.2. The third-order valence-electron chi connectivity index (χ3n) is 6.74. The first-order chi connectivity index (χ1) is 17.0. The van der Waals surface area contributed by atoms with Crippen LogP contribution in [0.2, 0.25) is 0 Å². The molecule has 13 heteroatoms. The second-order valence-corrected chi connectivity index (χ2v) is 10.6. The molecule has 0 aliphatic carbocycles. The Labute approximate surface area is 262 Å². The van der Waals surface area contributed by atoms with E-state index in [9.17, 15) is 0 Å². The first-order valence-corrected chi connectivity index (χ1v) is 14.7. The van der Waals surface area contributed by atoms with E-state index in [1.54, 1.807) is 0 Å². The normalized spacial score (nSPS) is 19.0. The van der Waals surface area contributed by atoms with Crippen LogP contribution in [0.5, 0.6) is 0 Å². The van der Waals surface area contributed by atoms with Crippen LogP contribution in [0.25, 0.3) is 0 Å². The van der Waals surface area contributed by atoms with Crippen LogP contribution in [0.4, 0.5) is 0 Å². The fraction of sp³-hybridized carbons (Fsp3) is 0.833. The molecule has 4 fully saturated rings. The number of rotatable bonds is 4. The zero-order valence-corrected chi connectivity index (χ0v) is 29.6. The van der Waals surface area contributed by atoms with Crippen LogP contribution in [0, 0.1) is 0 Å². The SMILES string of the molecule is CCN1CCN(C)C1=S.CCN1CCN(C)C1=S.CCN1CCN(C)C1=S.CCN1CCN(C)C1=S.[Pt]. The van der Waals surface area contributed by atoms with E-state index in [1.807, 2.05) is 28.2 Å². The van der Waals surface area contributed by atoms with E-state index >= 15 is 0 Å². The van der Waals surface area contributed by atoms with Crippen LogP contribution in [0.3, 0.4) is 0 Å². The predicted molar refractivity (Wildman–Crippen MR) is 170 cm³/mol. The fourth-order valence-corrected chi connectivity index (χ4v) is 5.23. The second kappa shape index (κ2) is 18.7. The molecule has 0 aromatic heterocycles. The molecule has 37 heavy (non-hydrogen) atoms. The summed E-state index contributed by atoms with van der Waals surface area (Å²) in [6.45, 7) is 21.5. The van der Waals surface area contributed by atoms with Crippen molar-refractivity contribution in [1.82, 2.24) is 39.2 Å². The molecule has 0 radical (unpaired) electrons. The average Bonchev–Trinajstić information content (AvgIpc) is 3.59. The fourth-order valence-electron chi connectivity index (χ4n) is 3.99. The summed E-state index contributed by atoms with van der Waals surface area (Å²) in [5.74, 6) is 0. The first-order valence-electron chi connectivity index (χ1n) is 13.0. The molecule has 4 aliphatic rings. The van der Waals surface area contributed by atoms with Gasteiger partial charge in [0.15, 0.2) is 20.4 Å². The molecule has 0 saturated carbocycles. The molecule has 4 saturated heterocycles. The Morgan fingerprint density at radius 3 is 0.622 bits per heavy atom. The van der Waals surface area contributed by atoms with Gasteiger partial charge in [0.25, 0.3) is 0 Å². The Morgan fingerprint density at radius 2 is 0.568 bits per heavy atom. The third-order valence-corrected chi connectivity index (χ3v) is 9.02. The number of hydrogen-bond donors (Lipinski definition) is 0. The summed E-state index contributed by atoms with van der Waals surface area (Å²) in [7, 11) is 8.16. The molecule has 4 rings (SSSR count). The van der Waals surface area contributed by atoms with Crippen molar-refractivity contribution in [2.45, 2.75) is 27.7 Å². The minimum Gasteiger partial charge on any atom is -0.350 e. The van der Waals surface area contributed by atoms with Gasteiger partial charge >= 0.3 is 0 Å². The molecule has 0 spiro atoms. The van der Waals surface area contributed by atoms with Crippen molar-refractivity contribution >= 4 is 69.3 Å². The maximum Gasteiger partial charge on any atom is 0.171 e. The summed E-state index contributed by atoms with van der Waals surface area (Å²) in [6.07, 6.45) is 0. The summed E-state index contributed by atoms with van der Waals surface area (Å²) in [5.41, 5.74) is 0. The first kappa shape index (κ1) is 36.4. The van der Waals surface area contributed by atoms with Crippen molar-refractivity contribution in [3.05, 3.63) is 0 Å². The molecule has 4 heterocycles. The van der Waals surface area contributed by atoms with E-state index in [0.29, 0.717) is 0 Å². The predicted octanol–water partition coefficient (Wildman–Crippen LogP) is 2.15. The molecule has 0 N–H and O–H groups in total. The largest absolute Gasteiger partial charge is 0.350 e. The van der Waals surface area contributed by atoms with Crippen molar-refractivity contribution in [2.75, 3.05) is 107 Å². The topological polar surface area (TPSA) is 25.9 Å². The van der Waals surface area contributed by atoms with Crippen molar-refractivity contribution < 1.29 is 21.1 Å². The number of likely N-dealkylation sites (N-methyl/N-ethyl adjacent to an activating group) is 8. The van der Waals surface area contributed by atoms with E-state index in [0.717, 1.165) is 99.0 Å². The molecule has 8 nitrogen and oxygen atoms in total. The van der Waals surface area contributed by atoms with Gasteiger partial charge < -0.3 is 39.2 Å². The summed E-state index contributed by atoms with van der Waals surface area (Å²) >= 11 is 20.5. The molecular formula is C24H48N8PtS4. The van der Waals surface area contributed by atoms with Gasteiger partial charge in [-0.05, 0) is 76.6 Å². The summed E-state index contributed by atoms with van der Waals surface area (Å²) in [5, 5.41) is 3.99. The van der Waals surface area contributed by atoms with Crippen molar-refractivity contribution in [3.8, 4) is 0 Å². The van der Waals surface area contributed by atoms with Gasteiger partial charge in [-0.3, -0.25) is 0 Å². The van der Waals surface area contributed by atoms with Crippen LogP contribution < -0.4 is 0 Å². The van der Waals surface area contributed by atoms with E-state index in [1.165, 1.54) is 0 Å². The molecular weight excluding hydrogens is 724 g/mol. The van der Waals surface area contributed by atoms with Crippen molar-refractivity contribution in [3.63, 3.8) is 0 Å². The van der Waals surface area contributed by atoms with Gasteiger partial charge in [0, 0.05) is 128 Å². The molecule has 0 aromatic rings. The van der Waals surface area contributed by atoms with E-state index in [4.69, 9.17) is 48.9 Å². The zero-order valence-electron chi connectivity index (χ0n) is 24.0. The van der Waals surface area contributed by atoms with Gasteiger partial charge in [-0.1, -0.05) is 0 Å². The van der Waals surface area contributed by atoms with Gasteiger partial charge in [0.05, 0.1) is 0 Å². The van der Waals surface area contributed by atoms with Crippen LogP contribution in [-0.2, 0) is 21.1 Å². The molecule has 0 bridgehead atoms. The second-order valence-electron chi connectivity index (χ2n) is 9.14. The molecule has 0 aromatic carbocycles. The Hall–Kier alpha value is -0.552. The Morgan fingerprint density at radius 1 is 0.405 bits per heavy atom. The van der Waals surface area contributed by atoms with Gasteiger partial charge in [-0.15, -0.1) is 0 Å². The van der Waals surface area contributed by atoms with Crippen LogP contribution >= 0.6 is 48.9 Å². The van der Waals surface area contributed by atoms with Crippen LogP contribution in [-0.4, -0.2) is 166 Å². The summed E-state index contributed by atoms with van der Waals surface area (Å²) < 4.78 is 0. The number of hydrogen-bond acceptors (Lipinski definition) is 4. The molecule has 4 aliphatic heterocycles. The Bertz CT molecular complexity index is 624. The maximum absolute atomic E-state index is 5.11. The van der Waals surface area contributed by atoms with E-state index < -0.39 is 0 Å². The molecule has 218 valence electrons. The molecule has 0 unspecified atom stereocenters. The maximum atomic E-state index is 5.11. The zero-order chi connectivity index (χ0) is 27.4. The molecule has 0 atom stereocenters. The monoisotopic (exact) mass is 771 g/mol. The summed E-state index contributed by atoms with van der Waals surface area (Å²) in [4.78, 5) is 17.3. The standard InChI is InChI=1S/4C6H12N2S.Pt/c4*1-3-8-5-4-7(2)6(8)9;/h4*3-5H2,1-2H3;. The summed E-state index contributed by atoms with van der Waals surface area (Å²) in [6, 6.07) is 0. The minimum absolute atomic E-state index is 0. The average molecular weight is 772 g/mol. The quantitative estimate of drug-likeness (QED) is 0.393. The smallest absolute Gasteiger partial charge is 0.171 e. The van der Waals surface area contributed by atoms with Crippen LogP contribution in [0.1, 0.15) is 27.7 Å². The minimum atomic E-state index is 0. The van der Waals surface area contributed by atoms with Gasteiger partial charge in [0.2, 0.25) is 0 Å². The van der Waals surface area contributed by atoms with E-state index in [-0.39, 0.29) is 21.1 Å². The Kier molecular flexibility index (Phi) is 18.4.